The maximum atomic E-state index is 12.4. The molecule has 0 bridgehead atoms. The maximum Gasteiger partial charge on any atom is 0.239 e. The highest BCUT2D eigenvalue weighted by molar-refractivity contribution is 7.98. The van der Waals surface area contributed by atoms with E-state index in [1.807, 2.05) is 0 Å². The Hall–Kier alpha value is -2.58. The van der Waals surface area contributed by atoms with E-state index in [2.05, 4.69) is 30.3 Å². The number of sulfonamides is 1. The van der Waals surface area contributed by atoms with E-state index in [1.165, 1.54) is 6.20 Å². The van der Waals surface area contributed by atoms with E-state index in [0.717, 1.165) is 11.9 Å². The molecular weight excluding hydrogens is 390 g/mol. The van der Waals surface area contributed by atoms with Gasteiger partial charge in [-0.05, 0) is 46.5 Å². The number of tetrazole rings is 1. The number of aromatic nitrogens is 5. The van der Waals surface area contributed by atoms with Gasteiger partial charge >= 0.3 is 0 Å². The molecule has 0 unspecified atom stereocenters. The second kappa shape index (κ2) is 7.98. The Kier molecular flexibility index (Phi) is 5.67. The Labute approximate surface area is 159 Å². The fourth-order valence-corrected chi connectivity index (χ4v) is 4.47. The van der Waals surface area contributed by atoms with Gasteiger partial charge in [0, 0.05) is 24.2 Å². The van der Waals surface area contributed by atoms with Gasteiger partial charge in [0.15, 0.2) is 0 Å². The van der Waals surface area contributed by atoms with Crippen molar-refractivity contribution < 1.29 is 8.42 Å². The average molecular weight is 407 g/mol. The zero-order valence-corrected chi connectivity index (χ0v) is 15.6. The monoisotopic (exact) mass is 407 g/mol. The number of hydrogen-bond acceptors (Lipinski definition) is 10. The third-order valence-corrected chi connectivity index (χ3v) is 5.53. The van der Waals surface area contributed by atoms with Gasteiger partial charge < -0.3 is 11.5 Å². The lowest BCUT2D eigenvalue weighted by Gasteiger charge is -2.15. The Morgan fingerprint density at radius 2 is 2.07 bits per heavy atom. The van der Waals surface area contributed by atoms with Crippen LogP contribution in [0.1, 0.15) is 0 Å². The van der Waals surface area contributed by atoms with Crippen LogP contribution < -0.4 is 21.3 Å². The number of pyridine rings is 1. The highest BCUT2D eigenvalue weighted by Gasteiger charge is 2.26. The van der Waals surface area contributed by atoms with Crippen molar-refractivity contribution in [2.45, 2.75) is 9.79 Å². The summed E-state index contributed by atoms with van der Waals surface area (Å²) in [4.78, 5) is 4.22. The molecule has 142 valence electrons. The molecule has 8 N–H and O–H groups in total. The van der Waals surface area contributed by atoms with Crippen LogP contribution in [0.15, 0.2) is 40.3 Å². The lowest BCUT2D eigenvalue weighted by Crippen LogP contribution is -2.19. The van der Waals surface area contributed by atoms with Gasteiger partial charge in [0.1, 0.15) is 10.7 Å². The predicted molar refractivity (Wildman–Crippen MR) is 102 cm³/mol. The summed E-state index contributed by atoms with van der Waals surface area (Å²) in [6.07, 6.45) is 1.52. The van der Waals surface area contributed by atoms with Crippen LogP contribution in [0.3, 0.4) is 0 Å². The highest BCUT2D eigenvalue weighted by Crippen LogP contribution is 2.39. The first-order chi connectivity index (χ1) is 12.9. The number of H-pyrrole nitrogens is 1. The zero-order chi connectivity index (χ0) is 19.4. The first-order valence-corrected chi connectivity index (χ1v) is 10.0. The molecular formula is C14H17N9O2S2. The summed E-state index contributed by atoms with van der Waals surface area (Å²) in [7, 11) is -4.13. The molecule has 0 fully saturated rings. The summed E-state index contributed by atoms with van der Waals surface area (Å²) in [6.45, 7) is 0.874. The second-order valence-corrected chi connectivity index (χ2v) is 7.78. The van der Waals surface area contributed by atoms with E-state index in [1.54, 1.807) is 24.3 Å². The van der Waals surface area contributed by atoms with Crippen LogP contribution in [0, 0.1) is 0 Å². The van der Waals surface area contributed by atoms with E-state index >= 15 is 0 Å². The largest absolute Gasteiger partial charge is 0.384 e. The first kappa shape index (κ1) is 19.2. The van der Waals surface area contributed by atoms with E-state index < -0.39 is 10.0 Å². The van der Waals surface area contributed by atoms with Crippen molar-refractivity contribution in [2.75, 3.05) is 18.8 Å². The third kappa shape index (κ3) is 4.23. The molecule has 3 aromatic rings. The molecule has 0 atom stereocenters. The molecule has 11 nitrogen and oxygen atoms in total. The summed E-state index contributed by atoms with van der Waals surface area (Å²) in [6, 6.07) is 6.69. The van der Waals surface area contributed by atoms with E-state index in [4.69, 9.17) is 16.6 Å². The van der Waals surface area contributed by atoms with Gasteiger partial charge in [0.05, 0.1) is 5.56 Å². The molecule has 0 saturated heterocycles. The Morgan fingerprint density at radius 3 is 2.70 bits per heavy atom. The number of nitrogens with zero attached hydrogens (tertiary/aromatic N) is 4. The van der Waals surface area contributed by atoms with Gasteiger partial charge in [-0.15, -0.1) is 10.2 Å². The third-order valence-electron chi connectivity index (χ3n) is 3.50. The van der Waals surface area contributed by atoms with Crippen LogP contribution in [-0.2, 0) is 10.0 Å². The molecule has 13 heteroatoms. The molecule has 0 saturated carbocycles. The van der Waals surface area contributed by atoms with E-state index in [0.29, 0.717) is 29.1 Å². The number of aromatic amines is 1. The first-order valence-electron chi connectivity index (χ1n) is 7.67. The maximum absolute atomic E-state index is 12.4. The van der Waals surface area contributed by atoms with Crippen LogP contribution in [0.25, 0.3) is 22.5 Å². The molecule has 0 amide bonds. The van der Waals surface area contributed by atoms with Crippen molar-refractivity contribution in [1.29, 1.82) is 0 Å². The predicted octanol–water partition coefficient (Wildman–Crippen LogP) is -0.286. The molecule has 3 rings (SSSR count). The van der Waals surface area contributed by atoms with Gasteiger partial charge in [-0.2, -0.15) is 5.21 Å². The number of nitrogens with two attached hydrogens (primary N) is 3. The van der Waals surface area contributed by atoms with Crippen LogP contribution in [0.4, 0.5) is 5.82 Å². The Morgan fingerprint density at radius 1 is 1.26 bits per heavy atom. The number of anilines is 1. The quantitative estimate of drug-likeness (QED) is 0.257. The summed E-state index contributed by atoms with van der Waals surface area (Å²) >= 11 is 1.10. The average Bonchev–Trinajstić information content (AvgIpc) is 3.15. The summed E-state index contributed by atoms with van der Waals surface area (Å²) in [5.41, 5.74) is 12.6. The Balaban J connectivity index is 2.29. The second-order valence-electron chi connectivity index (χ2n) is 5.35. The standard InChI is InChI=1S/C14H17N9O2S2/c15-4-6-19-26-10-2-1-9(8-3-5-18-11(16)7-8)12(13(10)27(17,24)25)14-20-22-23-21-14/h1-3,5,7,19H,4,6,15H2,(H2,16,18)(H2,17,24,25)(H,20,21,22,23). The van der Waals surface area contributed by atoms with E-state index in [9.17, 15) is 8.42 Å². The minimum Gasteiger partial charge on any atom is -0.384 e. The van der Waals surface area contributed by atoms with Crippen molar-refractivity contribution >= 4 is 27.8 Å². The normalized spacial score (nSPS) is 11.6. The topological polar surface area (TPSA) is 192 Å². The molecule has 0 aliphatic carbocycles. The fraction of sp³-hybridized carbons (Fsp3) is 0.143. The molecule has 2 aromatic heterocycles. The van der Waals surface area contributed by atoms with Crippen molar-refractivity contribution in [2.24, 2.45) is 10.9 Å². The van der Waals surface area contributed by atoms with Crippen LogP contribution in [0.2, 0.25) is 0 Å². The summed E-state index contributed by atoms with van der Waals surface area (Å²) in [5.74, 6) is 0.373. The number of primary sulfonamides is 1. The molecule has 0 spiro atoms. The summed E-state index contributed by atoms with van der Waals surface area (Å²) in [5, 5.41) is 19.3. The lowest BCUT2D eigenvalue weighted by molar-refractivity contribution is 0.596. The van der Waals surface area contributed by atoms with Crippen LogP contribution in [0.5, 0.6) is 0 Å². The van der Waals surface area contributed by atoms with Crippen LogP contribution >= 0.6 is 11.9 Å². The fourth-order valence-electron chi connectivity index (χ4n) is 2.46. The molecule has 0 aliphatic heterocycles. The SMILES string of the molecule is NCCNSc1ccc(-c2ccnc(N)c2)c(-c2nn[nH]n2)c1S(N)(=O)=O. The molecule has 27 heavy (non-hydrogen) atoms. The number of rotatable bonds is 7. The smallest absolute Gasteiger partial charge is 0.239 e. The number of nitrogens with one attached hydrogen (secondary N) is 2. The van der Waals surface area contributed by atoms with Gasteiger partial charge in [0.2, 0.25) is 15.8 Å². The molecule has 2 heterocycles. The molecule has 0 aliphatic rings. The van der Waals surface area contributed by atoms with Crippen molar-refractivity contribution in [3.8, 4) is 22.5 Å². The van der Waals surface area contributed by atoms with Gasteiger partial charge in [-0.3, -0.25) is 4.72 Å². The van der Waals surface area contributed by atoms with Crippen molar-refractivity contribution in [3.63, 3.8) is 0 Å². The molecule has 1 aromatic carbocycles. The van der Waals surface area contributed by atoms with Crippen molar-refractivity contribution in [3.05, 3.63) is 30.5 Å². The number of nitrogen functional groups attached to an aromatic ring is 1. The van der Waals surface area contributed by atoms with Gasteiger partial charge in [-0.25, -0.2) is 18.5 Å². The van der Waals surface area contributed by atoms with Crippen molar-refractivity contribution in [1.82, 2.24) is 30.3 Å². The Bertz CT molecular complexity index is 1040. The minimum atomic E-state index is -4.13. The lowest BCUT2D eigenvalue weighted by atomic mass is 10.00. The number of hydrogen-bond donors (Lipinski definition) is 5. The zero-order valence-electron chi connectivity index (χ0n) is 14.0. The minimum absolute atomic E-state index is 0.0886. The highest BCUT2D eigenvalue weighted by atomic mass is 32.2. The summed E-state index contributed by atoms with van der Waals surface area (Å²) < 4.78 is 27.9. The molecule has 0 radical (unpaired) electrons. The van der Waals surface area contributed by atoms with E-state index in [-0.39, 0.29) is 22.1 Å². The number of benzene rings is 1. The van der Waals surface area contributed by atoms with Gasteiger partial charge in [-0.1, -0.05) is 6.07 Å². The van der Waals surface area contributed by atoms with Gasteiger partial charge in [0.25, 0.3) is 0 Å². The van der Waals surface area contributed by atoms with Crippen LogP contribution in [-0.4, -0.2) is 47.1 Å².